The molecule has 0 N–H and O–H groups in total. The zero-order valence-electron chi connectivity index (χ0n) is 15.5. The van der Waals surface area contributed by atoms with Crippen LogP contribution in [0.25, 0.3) is 10.2 Å². The number of morpholine rings is 1. The van der Waals surface area contributed by atoms with Gasteiger partial charge in [-0.2, -0.15) is 0 Å². The Bertz CT molecular complexity index is 923. The number of amides is 1. The lowest BCUT2D eigenvalue weighted by Gasteiger charge is -2.27. The smallest absolute Gasteiger partial charge is 0.234 e. The summed E-state index contributed by atoms with van der Waals surface area (Å²) in [4.78, 5) is 23.2. The minimum Gasteiger partial charge on any atom is -0.379 e. The Kier molecular flexibility index (Phi) is 6.74. The number of ether oxygens (including phenoxy) is 1. The molecule has 1 amide bonds. The number of hydrogen-bond acceptors (Lipinski definition) is 6. The molecule has 148 valence electrons. The van der Waals surface area contributed by atoms with Gasteiger partial charge in [0.2, 0.25) is 5.91 Å². The van der Waals surface area contributed by atoms with Crippen LogP contribution in [0.5, 0.6) is 0 Å². The monoisotopic (exact) mass is 479 g/mol. The van der Waals surface area contributed by atoms with E-state index in [0.717, 1.165) is 64.0 Å². The molecule has 1 aliphatic rings. The van der Waals surface area contributed by atoms with E-state index in [0.29, 0.717) is 13.0 Å². The van der Waals surface area contributed by atoms with Gasteiger partial charge in [-0.1, -0.05) is 33.3 Å². The van der Waals surface area contributed by atoms with E-state index >= 15 is 0 Å². The molecular formula is C20H22BrN3O2S2. The van der Waals surface area contributed by atoms with E-state index in [-0.39, 0.29) is 5.91 Å². The molecule has 1 saturated heterocycles. The highest BCUT2D eigenvalue weighted by Gasteiger charge is 2.21. The lowest BCUT2D eigenvalue weighted by atomic mass is 10.3. The first-order valence-corrected chi connectivity index (χ1v) is 11.9. The maximum absolute atomic E-state index is 13.1. The van der Waals surface area contributed by atoms with Gasteiger partial charge in [-0.15, -0.1) is 11.3 Å². The van der Waals surface area contributed by atoms with Crippen molar-refractivity contribution in [2.24, 2.45) is 0 Å². The molecule has 0 saturated carbocycles. The third-order valence-electron chi connectivity index (χ3n) is 4.74. The standard InChI is InChI=1S/C20H22BrN3O2S2/c21-15-4-5-17-18(13-15)28-20(22-17)24(19(25)14-16-3-1-12-27-16)7-2-6-23-8-10-26-11-9-23/h1,3-5,12-13H,2,6-11,14H2. The van der Waals surface area contributed by atoms with Gasteiger partial charge in [0.15, 0.2) is 5.13 Å². The predicted molar refractivity (Wildman–Crippen MR) is 120 cm³/mol. The van der Waals surface area contributed by atoms with Crippen molar-refractivity contribution in [3.63, 3.8) is 0 Å². The normalized spacial score (nSPS) is 15.2. The highest BCUT2D eigenvalue weighted by molar-refractivity contribution is 9.10. The van der Waals surface area contributed by atoms with Crippen molar-refractivity contribution in [2.75, 3.05) is 44.3 Å². The Balaban J connectivity index is 1.50. The fourth-order valence-electron chi connectivity index (χ4n) is 3.26. The van der Waals surface area contributed by atoms with Gasteiger partial charge >= 0.3 is 0 Å². The van der Waals surface area contributed by atoms with Crippen molar-refractivity contribution < 1.29 is 9.53 Å². The first-order valence-electron chi connectivity index (χ1n) is 9.38. The topological polar surface area (TPSA) is 45.7 Å². The summed E-state index contributed by atoms with van der Waals surface area (Å²) in [6.45, 7) is 5.20. The number of anilines is 1. The van der Waals surface area contributed by atoms with Gasteiger partial charge in [0.1, 0.15) is 0 Å². The van der Waals surface area contributed by atoms with Crippen LogP contribution in [0.15, 0.2) is 40.2 Å². The summed E-state index contributed by atoms with van der Waals surface area (Å²) in [6, 6.07) is 10.1. The Morgan fingerprint density at radius 3 is 2.93 bits per heavy atom. The van der Waals surface area contributed by atoms with E-state index in [2.05, 4.69) is 26.9 Å². The number of thiophene rings is 1. The highest BCUT2D eigenvalue weighted by Crippen LogP contribution is 2.31. The van der Waals surface area contributed by atoms with E-state index in [1.54, 1.807) is 22.7 Å². The van der Waals surface area contributed by atoms with Crippen molar-refractivity contribution in [2.45, 2.75) is 12.8 Å². The largest absolute Gasteiger partial charge is 0.379 e. The van der Waals surface area contributed by atoms with E-state index in [1.165, 1.54) is 0 Å². The number of carbonyl (C=O) groups is 1. The molecule has 3 heterocycles. The molecule has 1 fully saturated rings. The van der Waals surface area contributed by atoms with Gasteiger partial charge in [-0.25, -0.2) is 4.98 Å². The Morgan fingerprint density at radius 1 is 1.29 bits per heavy atom. The van der Waals surface area contributed by atoms with Gasteiger partial charge in [0.05, 0.1) is 29.9 Å². The summed E-state index contributed by atoms with van der Waals surface area (Å²) in [5.41, 5.74) is 0.935. The average Bonchev–Trinajstić information content (AvgIpc) is 3.35. The van der Waals surface area contributed by atoms with Crippen LogP contribution in [0.2, 0.25) is 0 Å². The van der Waals surface area contributed by atoms with Crippen LogP contribution >= 0.6 is 38.6 Å². The minimum absolute atomic E-state index is 0.113. The molecule has 2 aromatic heterocycles. The SMILES string of the molecule is O=C(Cc1cccs1)N(CCCN1CCOCC1)c1nc2ccc(Br)cc2s1. The van der Waals surface area contributed by atoms with Crippen LogP contribution in [0.3, 0.4) is 0 Å². The second-order valence-electron chi connectivity index (χ2n) is 6.72. The van der Waals surface area contributed by atoms with E-state index in [1.807, 2.05) is 34.5 Å². The third kappa shape index (κ3) is 4.99. The zero-order valence-corrected chi connectivity index (χ0v) is 18.7. The van der Waals surface area contributed by atoms with Crippen molar-refractivity contribution in [3.8, 4) is 0 Å². The van der Waals surface area contributed by atoms with E-state index in [4.69, 9.17) is 9.72 Å². The van der Waals surface area contributed by atoms with Crippen LogP contribution in [0.1, 0.15) is 11.3 Å². The molecule has 28 heavy (non-hydrogen) atoms. The van der Waals surface area contributed by atoms with Crippen molar-refractivity contribution in [1.82, 2.24) is 9.88 Å². The van der Waals surface area contributed by atoms with Crippen LogP contribution < -0.4 is 4.90 Å². The van der Waals surface area contributed by atoms with Gasteiger partial charge in [-0.05, 0) is 36.1 Å². The zero-order chi connectivity index (χ0) is 19.3. The summed E-state index contributed by atoms with van der Waals surface area (Å²) in [5, 5.41) is 2.80. The second kappa shape index (κ2) is 9.45. The number of thiazole rings is 1. The van der Waals surface area contributed by atoms with Crippen LogP contribution in [-0.4, -0.2) is 55.2 Å². The molecule has 3 aromatic rings. The number of hydrogen-bond donors (Lipinski definition) is 0. The van der Waals surface area contributed by atoms with Gasteiger partial charge in [-0.3, -0.25) is 14.6 Å². The van der Waals surface area contributed by atoms with E-state index < -0.39 is 0 Å². The van der Waals surface area contributed by atoms with Crippen molar-refractivity contribution in [1.29, 1.82) is 0 Å². The van der Waals surface area contributed by atoms with Gasteiger partial charge < -0.3 is 4.74 Å². The number of fused-ring (bicyclic) bond motifs is 1. The molecule has 5 nitrogen and oxygen atoms in total. The summed E-state index contributed by atoms with van der Waals surface area (Å²) in [6.07, 6.45) is 1.35. The van der Waals surface area contributed by atoms with Crippen LogP contribution in [0, 0.1) is 0 Å². The molecule has 0 radical (unpaired) electrons. The third-order valence-corrected chi connectivity index (χ3v) is 7.15. The van der Waals surface area contributed by atoms with Gasteiger partial charge in [0, 0.05) is 35.5 Å². The first kappa shape index (κ1) is 20.0. The number of nitrogens with zero attached hydrogens (tertiary/aromatic N) is 3. The number of benzene rings is 1. The molecule has 0 bridgehead atoms. The summed E-state index contributed by atoms with van der Waals surface area (Å²) < 4.78 is 7.54. The maximum atomic E-state index is 13.1. The Hall–Kier alpha value is -1.32. The Morgan fingerprint density at radius 2 is 2.14 bits per heavy atom. The van der Waals surface area contributed by atoms with Crippen molar-refractivity contribution in [3.05, 3.63) is 45.1 Å². The molecule has 0 spiro atoms. The van der Waals surface area contributed by atoms with Crippen LogP contribution in [-0.2, 0) is 16.0 Å². The molecule has 0 atom stereocenters. The van der Waals surface area contributed by atoms with Crippen LogP contribution in [0.4, 0.5) is 5.13 Å². The van der Waals surface area contributed by atoms with Gasteiger partial charge in [0.25, 0.3) is 0 Å². The fourth-order valence-corrected chi connectivity index (χ4v) is 5.52. The lowest BCUT2D eigenvalue weighted by Crippen LogP contribution is -2.39. The molecule has 0 unspecified atom stereocenters. The highest BCUT2D eigenvalue weighted by atomic mass is 79.9. The summed E-state index contributed by atoms with van der Waals surface area (Å²) >= 11 is 6.72. The van der Waals surface area contributed by atoms with Crippen molar-refractivity contribution >= 4 is 59.9 Å². The maximum Gasteiger partial charge on any atom is 0.234 e. The molecule has 8 heteroatoms. The number of rotatable bonds is 7. The number of carbonyl (C=O) groups excluding carboxylic acids is 1. The quantitative estimate of drug-likeness (QED) is 0.503. The molecule has 0 aliphatic carbocycles. The molecule has 1 aliphatic heterocycles. The molecular weight excluding hydrogens is 458 g/mol. The minimum atomic E-state index is 0.113. The predicted octanol–water partition coefficient (Wildman–Crippen LogP) is 4.42. The number of halogens is 1. The second-order valence-corrected chi connectivity index (χ2v) is 9.67. The lowest BCUT2D eigenvalue weighted by molar-refractivity contribution is -0.118. The summed E-state index contributed by atoms with van der Waals surface area (Å²) in [7, 11) is 0. The first-order chi connectivity index (χ1) is 13.7. The average molecular weight is 480 g/mol. The Labute approximate surface area is 181 Å². The molecule has 4 rings (SSSR count). The summed E-state index contributed by atoms with van der Waals surface area (Å²) in [5.74, 6) is 0.113. The number of aromatic nitrogens is 1. The fraction of sp³-hybridized carbons (Fsp3) is 0.400. The van der Waals surface area contributed by atoms with E-state index in [9.17, 15) is 4.79 Å². The molecule has 1 aromatic carbocycles.